The molecule has 0 saturated heterocycles. The lowest BCUT2D eigenvalue weighted by Gasteiger charge is -1.95. The minimum atomic E-state index is -0.0389. The van der Waals surface area contributed by atoms with E-state index >= 15 is 0 Å². The molecule has 1 aromatic carbocycles. The standard InChI is InChI=1S/C13H14O2/c1-2-12(14)8-9-13(15)10-11-6-4-3-5-7-11/h3-9H,2,10H2,1H3/b9-8-. The van der Waals surface area contributed by atoms with Crippen LogP contribution in [-0.2, 0) is 16.0 Å². The van der Waals surface area contributed by atoms with Crippen molar-refractivity contribution in [1.82, 2.24) is 0 Å². The maximum Gasteiger partial charge on any atom is 0.160 e. The first-order valence-electron chi connectivity index (χ1n) is 5.00. The van der Waals surface area contributed by atoms with E-state index in [4.69, 9.17) is 0 Å². The Morgan fingerprint density at radius 2 is 1.67 bits per heavy atom. The van der Waals surface area contributed by atoms with Crippen LogP contribution >= 0.6 is 0 Å². The van der Waals surface area contributed by atoms with Crippen molar-refractivity contribution < 1.29 is 9.59 Å². The van der Waals surface area contributed by atoms with Crippen LogP contribution < -0.4 is 0 Å². The van der Waals surface area contributed by atoms with E-state index in [9.17, 15) is 9.59 Å². The van der Waals surface area contributed by atoms with Crippen molar-refractivity contribution in [3.05, 3.63) is 48.0 Å². The van der Waals surface area contributed by atoms with E-state index in [0.29, 0.717) is 12.8 Å². The van der Waals surface area contributed by atoms with Crippen LogP contribution in [0.25, 0.3) is 0 Å². The molecule has 0 amide bonds. The lowest BCUT2D eigenvalue weighted by atomic mass is 10.1. The van der Waals surface area contributed by atoms with Crippen LogP contribution in [0.2, 0.25) is 0 Å². The van der Waals surface area contributed by atoms with Crippen molar-refractivity contribution >= 4 is 11.6 Å². The summed E-state index contributed by atoms with van der Waals surface area (Å²) in [5.41, 5.74) is 0.969. The number of carbonyl (C=O) groups excluding carboxylic acids is 2. The van der Waals surface area contributed by atoms with Crippen molar-refractivity contribution in [2.24, 2.45) is 0 Å². The Morgan fingerprint density at radius 3 is 2.27 bits per heavy atom. The van der Waals surface area contributed by atoms with E-state index in [0.717, 1.165) is 5.56 Å². The van der Waals surface area contributed by atoms with E-state index in [-0.39, 0.29) is 11.6 Å². The van der Waals surface area contributed by atoms with Crippen LogP contribution in [0.3, 0.4) is 0 Å². The van der Waals surface area contributed by atoms with Crippen molar-refractivity contribution in [2.45, 2.75) is 19.8 Å². The molecule has 2 heteroatoms. The quantitative estimate of drug-likeness (QED) is 0.687. The number of allylic oxidation sites excluding steroid dienone is 2. The molecule has 0 aliphatic heterocycles. The number of ketones is 2. The highest BCUT2D eigenvalue weighted by molar-refractivity contribution is 5.99. The molecule has 1 aromatic rings. The molecule has 0 aliphatic carbocycles. The zero-order chi connectivity index (χ0) is 11.1. The fourth-order valence-electron chi connectivity index (χ4n) is 1.16. The number of rotatable bonds is 5. The van der Waals surface area contributed by atoms with Crippen LogP contribution in [-0.4, -0.2) is 11.6 Å². The summed E-state index contributed by atoms with van der Waals surface area (Å²) in [6.07, 6.45) is 3.51. The van der Waals surface area contributed by atoms with Crippen LogP contribution in [0.1, 0.15) is 18.9 Å². The molecule has 0 fully saturated rings. The van der Waals surface area contributed by atoms with E-state index < -0.39 is 0 Å². The lowest BCUT2D eigenvalue weighted by Crippen LogP contribution is -1.99. The molecule has 78 valence electrons. The van der Waals surface area contributed by atoms with Gasteiger partial charge >= 0.3 is 0 Å². The molecule has 0 bridgehead atoms. The van der Waals surface area contributed by atoms with Crippen LogP contribution in [0.5, 0.6) is 0 Å². The van der Waals surface area contributed by atoms with Gasteiger partial charge in [-0.25, -0.2) is 0 Å². The van der Waals surface area contributed by atoms with Crippen LogP contribution in [0.15, 0.2) is 42.5 Å². The minimum absolute atomic E-state index is 0.0172. The fraction of sp³-hybridized carbons (Fsp3) is 0.231. The zero-order valence-corrected chi connectivity index (χ0v) is 8.77. The topological polar surface area (TPSA) is 34.1 Å². The molecule has 0 unspecified atom stereocenters. The summed E-state index contributed by atoms with van der Waals surface area (Å²) in [6, 6.07) is 9.48. The Bertz CT molecular complexity index is 363. The van der Waals surface area contributed by atoms with Gasteiger partial charge in [0.25, 0.3) is 0 Å². The van der Waals surface area contributed by atoms with Gasteiger partial charge in [-0.1, -0.05) is 37.3 Å². The molecular formula is C13H14O2. The van der Waals surface area contributed by atoms with Crippen LogP contribution in [0.4, 0.5) is 0 Å². The highest BCUT2D eigenvalue weighted by Gasteiger charge is 1.99. The molecule has 0 aliphatic rings. The largest absolute Gasteiger partial charge is 0.295 e. The molecule has 0 saturated carbocycles. The van der Waals surface area contributed by atoms with E-state index in [1.807, 2.05) is 30.3 Å². The Morgan fingerprint density at radius 1 is 1.07 bits per heavy atom. The van der Waals surface area contributed by atoms with Gasteiger partial charge in [0.15, 0.2) is 11.6 Å². The van der Waals surface area contributed by atoms with Gasteiger partial charge in [0, 0.05) is 12.8 Å². The summed E-state index contributed by atoms with van der Waals surface area (Å²) < 4.78 is 0. The highest BCUT2D eigenvalue weighted by Crippen LogP contribution is 2.00. The van der Waals surface area contributed by atoms with Crippen molar-refractivity contribution in [3.63, 3.8) is 0 Å². The molecule has 0 aromatic heterocycles. The second kappa shape index (κ2) is 5.91. The molecule has 0 radical (unpaired) electrons. The summed E-state index contributed by atoms with van der Waals surface area (Å²) in [7, 11) is 0. The van der Waals surface area contributed by atoms with E-state index in [1.165, 1.54) is 12.2 Å². The highest BCUT2D eigenvalue weighted by atomic mass is 16.1. The van der Waals surface area contributed by atoms with Crippen LogP contribution in [0, 0.1) is 0 Å². The predicted octanol–water partition coefficient (Wildman–Crippen LogP) is 2.33. The maximum atomic E-state index is 11.4. The van der Waals surface area contributed by atoms with Gasteiger partial charge in [-0.15, -0.1) is 0 Å². The third-order valence-corrected chi connectivity index (χ3v) is 2.02. The number of hydrogen-bond donors (Lipinski definition) is 0. The molecule has 2 nitrogen and oxygen atoms in total. The number of carbonyl (C=O) groups is 2. The van der Waals surface area contributed by atoms with Gasteiger partial charge in [-0.3, -0.25) is 9.59 Å². The predicted molar refractivity (Wildman–Crippen MR) is 59.6 cm³/mol. The molecule has 0 atom stereocenters. The summed E-state index contributed by atoms with van der Waals surface area (Å²) in [6.45, 7) is 1.77. The normalized spacial score (nSPS) is 10.5. The van der Waals surface area contributed by atoms with Gasteiger partial charge in [0.2, 0.25) is 0 Å². The first-order chi connectivity index (χ1) is 7.22. The molecule has 0 N–H and O–H groups in total. The van der Waals surface area contributed by atoms with E-state index in [2.05, 4.69) is 0 Å². The first-order valence-corrected chi connectivity index (χ1v) is 5.00. The molecule has 0 heterocycles. The second-order valence-corrected chi connectivity index (χ2v) is 3.28. The summed E-state index contributed by atoms with van der Waals surface area (Å²) in [5, 5.41) is 0. The van der Waals surface area contributed by atoms with Gasteiger partial charge in [-0.2, -0.15) is 0 Å². The summed E-state index contributed by atoms with van der Waals surface area (Å²) >= 11 is 0. The Hall–Kier alpha value is -1.70. The SMILES string of the molecule is CCC(=O)/C=C\C(=O)Cc1ccccc1. The summed E-state index contributed by atoms with van der Waals surface area (Å²) in [5.74, 6) is -0.0561. The maximum absolute atomic E-state index is 11.4. The Kier molecular flexibility index (Phi) is 4.48. The molecular weight excluding hydrogens is 188 g/mol. The number of hydrogen-bond acceptors (Lipinski definition) is 2. The molecule has 0 spiro atoms. The second-order valence-electron chi connectivity index (χ2n) is 3.28. The van der Waals surface area contributed by atoms with Gasteiger partial charge < -0.3 is 0 Å². The molecule has 15 heavy (non-hydrogen) atoms. The monoisotopic (exact) mass is 202 g/mol. The summed E-state index contributed by atoms with van der Waals surface area (Å²) in [4.78, 5) is 22.3. The van der Waals surface area contributed by atoms with Gasteiger partial charge in [-0.05, 0) is 17.7 Å². The lowest BCUT2D eigenvalue weighted by molar-refractivity contribution is -0.116. The molecule has 1 rings (SSSR count). The Labute approximate surface area is 89.6 Å². The fourth-order valence-corrected chi connectivity index (χ4v) is 1.16. The smallest absolute Gasteiger partial charge is 0.160 e. The Balaban J connectivity index is 2.50. The average molecular weight is 202 g/mol. The van der Waals surface area contributed by atoms with Gasteiger partial charge in [0.05, 0.1) is 0 Å². The first kappa shape index (κ1) is 11.4. The minimum Gasteiger partial charge on any atom is -0.295 e. The third kappa shape index (κ3) is 4.36. The number of benzene rings is 1. The van der Waals surface area contributed by atoms with Crippen molar-refractivity contribution in [3.8, 4) is 0 Å². The van der Waals surface area contributed by atoms with Crippen molar-refractivity contribution in [1.29, 1.82) is 0 Å². The van der Waals surface area contributed by atoms with Gasteiger partial charge in [0.1, 0.15) is 0 Å². The average Bonchev–Trinajstić information content (AvgIpc) is 2.27. The zero-order valence-electron chi connectivity index (χ0n) is 8.77. The van der Waals surface area contributed by atoms with Crippen molar-refractivity contribution in [2.75, 3.05) is 0 Å². The van der Waals surface area contributed by atoms with E-state index in [1.54, 1.807) is 6.92 Å². The third-order valence-electron chi connectivity index (χ3n) is 2.02.